The van der Waals surface area contributed by atoms with Gasteiger partial charge in [0.2, 0.25) is 0 Å². The maximum atomic E-state index is 11.3. The molecule has 0 aliphatic rings. The molecule has 3 aromatic carbocycles. The van der Waals surface area contributed by atoms with E-state index in [0.717, 1.165) is 39.0 Å². The molecule has 0 fully saturated rings. The Morgan fingerprint density at radius 3 is 2.42 bits per heavy atom. The first-order chi connectivity index (χ1) is 18.4. The van der Waals surface area contributed by atoms with Crippen LogP contribution in [0, 0.1) is 0 Å². The number of sulfone groups is 1. The van der Waals surface area contributed by atoms with Gasteiger partial charge in [0.15, 0.2) is 0 Å². The van der Waals surface area contributed by atoms with E-state index in [1.165, 1.54) is 12.6 Å². The van der Waals surface area contributed by atoms with Crippen LogP contribution in [0.3, 0.4) is 0 Å². The maximum absolute atomic E-state index is 11.3. The van der Waals surface area contributed by atoms with Crippen LogP contribution < -0.4 is 15.4 Å². The van der Waals surface area contributed by atoms with Crippen LogP contribution in [0.1, 0.15) is 11.1 Å². The van der Waals surface area contributed by atoms with Gasteiger partial charge < -0.3 is 19.8 Å². The molecule has 0 aliphatic carbocycles. The molecular formula is C29H30Cl2N4O4S. The lowest BCUT2D eigenvalue weighted by Gasteiger charge is -2.11. The highest BCUT2D eigenvalue weighted by molar-refractivity contribution is 7.90. The van der Waals surface area contributed by atoms with Crippen molar-refractivity contribution in [3.63, 3.8) is 0 Å². The number of benzene rings is 3. The van der Waals surface area contributed by atoms with Gasteiger partial charge in [0.25, 0.3) is 0 Å². The van der Waals surface area contributed by atoms with Crippen LogP contribution in [-0.2, 0) is 23.0 Å². The SMILES string of the molecule is CS(=O)(=O)CCNCc1coc(-c2ccc3ncnc(Nc4ccc(OCc5ccccc5)cc4)c3c2)c1.Cl.Cl. The van der Waals surface area contributed by atoms with Crippen molar-refractivity contribution in [2.45, 2.75) is 13.2 Å². The predicted octanol–water partition coefficient (Wildman–Crippen LogP) is 6.19. The summed E-state index contributed by atoms with van der Waals surface area (Å²) >= 11 is 0. The van der Waals surface area contributed by atoms with Gasteiger partial charge in [0, 0.05) is 41.5 Å². The zero-order valence-electron chi connectivity index (χ0n) is 21.7. The van der Waals surface area contributed by atoms with Gasteiger partial charge in [-0.2, -0.15) is 0 Å². The number of hydrogen-bond acceptors (Lipinski definition) is 8. The summed E-state index contributed by atoms with van der Waals surface area (Å²) in [6.45, 7) is 1.42. The number of hydrogen-bond donors (Lipinski definition) is 2. The van der Waals surface area contributed by atoms with Crippen molar-refractivity contribution in [2.24, 2.45) is 0 Å². The van der Waals surface area contributed by atoms with Gasteiger partial charge in [-0.3, -0.25) is 0 Å². The van der Waals surface area contributed by atoms with E-state index in [4.69, 9.17) is 9.15 Å². The average Bonchev–Trinajstić information content (AvgIpc) is 3.40. The van der Waals surface area contributed by atoms with Gasteiger partial charge in [-0.15, -0.1) is 24.8 Å². The molecule has 5 rings (SSSR count). The summed E-state index contributed by atoms with van der Waals surface area (Å²) in [5, 5.41) is 7.37. The van der Waals surface area contributed by atoms with Crippen LogP contribution in [0.25, 0.3) is 22.2 Å². The van der Waals surface area contributed by atoms with Gasteiger partial charge in [0.1, 0.15) is 40.1 Å². The Labute approximate surface area is 245 Å². The summed E-state index contributed by atoms with van der Waals surface area (Å²) in [6, 6.07) is 25.6. The number of halogens is 2. The van der Waals surface area contributed by atoms with Gasteiger partial charge >= 0.3 is 0 Å². The molecule has 0 unspecified atom stereocenters. The first kappa shape index (κ1) is 30.9. The standard InChI is InChI=1S/C29H28N4O4S.2ClH/c1-38(34,35)14-13-30-17-22-15-28(37-19-22)23-7-12-27-26(16-23)29(32-20-31-27)33-24-8-10-25(11-9-24)36-18-21-5-3-2-4-6-21;;/h2-12,15-16,19-20,30H,13-14,17-18H2,1H3,(H,31,32,33);2*1H. The topological polar surface area (TPSA) is 106 Å². The fourth-order valence-electron chi connectivity index (χ4n) is 3.93. The zero-order chi connectivity index (χ0) is 26.4. The van der Waals surface area contributed by atoms with Crippen LogP contribution in [0.5, 0.6) is 5.75 Å². The number of furan rings is 1. The molecule has 0 bridgehead atoms. The Hall–Kier alpha value is -3.63. The fourth-order valence-corrected chi connectivity index (χ4v) is 4.45. The molecule has 5 aromatic rings. The number of ether oxygens (including phenoxy) is 1. The van der Waals surface area contributed by atoms with Crippen LogP contribution in [0.2, 0.25) is 0 Å². The monoisotopic (exact) mass is 600 g/mol. The van der Waals surface area contributed by atoms with Crippen molar-refractivity contribution in [1.82, 2.24) is 15.3 Å². The number of anilines is 2. The highest BCUT2D eigenvalue weighted by Gasteiger charge is 2.10. The Morgan fingerprint density at radius 2 is 1.68 bits per heavy atom. The fraction of sp³-hybridized carbons (Fsp3) is 0.172. The number of nitrogens with one attached hydrogen (secondary N) is 2. The van der Waals surface area contributed by atoms with Crippen molar-refractivity contribution in [3.8, 4) is 17.1 Å². The molecule has 0 spiro atoms. The van der Waals surface area contributed by atoms with Crippen LogP contribution in [-0.4, -0.2) is 36.9 Å². The van der Waals surface area contributed by atoms with Crippen molar-refractivity contribution < 1.29 is 17.6 Å². The minimum absolute atomic E-state index is 0. The van der Waals surface area contributed by atoms with E-state index in [1.54, 1.807) is 6.26 Å². The first-order valence-electron chi connectivity index (χ1n) is 12.2. The average molecular weight is 602 g/mol. The van der Waals surface area contributed by atoms with E-state index < -0.39 is 9.84 Å². The third kappa shape index (κ3) is 8.43. The van der Waals surface area contributed by atoms with Crippen molar-refractivity contribution in [3.05, 3.63) is 103 Å². The lowest BCUT2D eigenvalue weighted by atomic mass is 10.1. The van der Waals surface area contributed by atoms with Crippen molar-refractivity contribution in [1.29, 1.82) is 0 Å². The smallest absolute Gasteiger partial charge is 0.148 e. The van der Waals surface area contributed by atoms with E-state index in [2.05, 4.69) is 20.6 Å². The molecule has 210 valence electrons. The summed E-state index contributed by atoms with van der Waals surface area (Å²) in [6.07, 6.45) is 4.44. The van der Waals surface area contributed by atoms with E-state index >= 15 is 0 Å². The minimum Gasteiger partial charge on any atom is -0.489 e. The summed E-state index contributed by atoms with van der Waals surface area (Å²) in [4.78, 5) is 8.87. The molecule has 2 N–H and O–H groups in total. The summed E-state index contributed by atoms with van der Waals surface area (Å²) < 4.78 is 34.3. The molecule has 2 heterocycles. The molecule has 0 aliphatic heterocycles. The molecular weight excluding hydrogens is 571 g/mol. The largest absolute Gasteiger partial charge is 0.489 e. The minimum atomic E-state index is -2.99. The van der Waals surface area contributed by atoms with Gasteiger partial charge in [-0.1, -0.05) is 30.3 Å². The molecule has 2 aromatic heterocycles. The van der Waals surface area contributed by atoms with Gasteiger partial charge in [-0.25, -0.2) is 18.4 Å². The van der Waals surface area contributed by atoms with Crippen molar-refractivity contribution >= 4 is 57.1 Å². The molecule has 8 nitrogen and oxygen atoms in total. The van der Waals surface area contributed by atoms with E-state index in [1.807, 2.05) is 78.9 Å². The summed E-state index contributed by atoms with van der Waals surface area (Å²) in [5.41, 5.74) is 4.63. The second-order valence-corrected chi connectivity index (χ2v) is 11.3. The van der Waals surface area contributed by atoms with Crippen molar-refractivity contribution in [2.75, 3.05) is 23.9 Å². The lowest BCUT2D eigenvalue weighted by Crippen LogP contribution is -2.21. The highest BCUT2D eigenvalue weighted by atomic mass is 35.5. The third-order valence-electron chi connectivity index (χ3n) is 5.92. The predicted molar refractivity (Wildman–Crippen MR) is 164 cm³/mol. The second kappa shape index (κ2) is 14.1. The molecule has 0 radical (unpaired) electrons. The summed E-state index contributed by atoms with van der Waals surface area (Å²) in [7, 11) is -2.99. The van der Waals surface area contributed by atoms with E-state index in [0.29, 0.717) is 31.3 Å². The first-order valence-corrected chi connectivity index (χ1v) is 14.2. The van der Waals surface area contributed by atoms with Gasteiger partial charge in [0.05, 0.1) is 17.5 Å². The Kier molecular flexibility index (Phi) is 10.9. The molecule has 0 saturated heterocycles. The molecule has 0 atom stereocenters. The lowest BCUT2D eigenvalue weighted by molar-refractivity contribution is 0.306. The summed E-state index contributed by atoms with van der Waals surface area (Å²) in [5.74, 6) is 2.28. The Morgan fingerprint density at radius 1 is 0.900 bits per heavy atom. The van der Waals surface area contributed by atoms with Gasteiger partial charge in [-0.05, 0) is 54.1 Å². The number of rotatable bonds is 11. The maximum Gasteiger partial charge on any atom is 0.148 e. The van der Waals surface area contributed by atoms with E-state index in [9.17, 15) is 8.42 Å². The number of aromatic nitrogens is 2. The second-order valence-electron chi connectivity index (χ2n) is 9.00. The van der Waals surface area contributed by atoms with E-state index in [-0.39, 0.29) is 30.6 Å². The number of fused-ring (bicyclic) bond motifs is 1. The Balaban J connectivity index is 0.00000220. The third-order valence-corrected chi connectivity index (χ3v) is 6.86. The van der Waals surface area contributed by atoms with Crippen LogP contribution >= 0.6 is 24.8 Å². The Bertz CT molecular complexity index is 1630. The van der Waals surface area contributed by atoms with Crippen LogP contribution in [0.15, 0.2) is 95.9 Å². The normalized spacial score (nSPS) is 10.9. The molecule has 11 heteroatoms. The molecule has 0 saturated carbocycles. The molecule has 0 amide bonds. The quantitative estimate of drug-likeness (QED) is 0.173. The number of nitrogens with zero attached hydrogens (tertiary/aromatic N) is 2. The van der Waals surface area contributed by atoms with Crippen LogP contribution in [0.4, 0.5) is 11.5 Å². The zero-order valence-corrected chi connectivity index (χ0v) is 24.2. The highest BCUT2D eigenvalue weighted by Crippen LogP contribution is 2.30. The molecule has 40 heavy (non-hydrogen) atoms.